The van der Waals surface area contributed by atoms with Gasteiger partial charge < -0.3 is 21.3 Å². The smallest absolute Gasteiger partial charge is 0.352 e. The summed E-state index contributed by atoms with van der Waals surface area (Å²) in [7, 11) is 0. The normalized spacial score (nSPS) is 15.4. The molecule has 0 radical (unpaired) electrons. The van der Waals surface area contributed by atoms with Crippen LogP contribution >= 0.6 is 0 Å². The lowest BCUT2D eigenvalue weighted by molar-refractivity contribution is -0.144. The van der Waals surface area contributed by atoms with Gasteiger partial charge in [0.2, 0.25) is 17.7 Å². The van der Waals surface area contributed by atoms with E-state index in [0.717, 1.165) is 29.8 Å². The second-order valence-electron chi connectivity index (χ2n) is 9.56. The fourth-order valence-electron chi connectivity index (χ4n) is 4.23. The van der Waals surface area contributed by atoms with Gasteiger partial charge in [0.1, 0.15) is 5.92 Å². The van der Waals surface area contributed by atoms with Gasteiger partial charge in [-0.15, -0.1) is 0 Å². The third-order valence-corrected chi connectivity index (χ3v) is 6.41. The number of hydrogen-bond acceptors (Lipinski definition) is 4. The Kier molecular flexibility index (Phi) is 7.44. The number of amides is 4. The summed E-state index contributed by atoms with van der Waals surface area (Å²) in [6.07, 6.45) is -4.52. The highest BCUT2D eigenvalue weighted by molar-refractivity contribution is 6.21. The van der Waals surface area contributed by atoms with Crippen molar-refractivity contribution in [3.05, 3.63) is 89.5 Å². The average Bonchev–Trinajstić information content (AvgIpc) is 3.01. The quantitative estimate of drug-likeness (QED) is 0.337. The van der Waals surface area contributed by atoms with Crippen molar-refractivity contribution in [3.8, 4) is 0 Å². The fraction of sp³-hybridized carbons (Fsp3) is 0.214. The van der Waals surface area contributed by atoms with Crippen LogP contribution in [0, 0.1) is 11.3 Å². The summed E-state index contributed by atoms with van der Waals surface area (Å²) < 4.78 is 38.5. The molecule has 1 aliphatic heterocycles. The molecule has 4 N–H and O–H groups in total. The van der Waals surface area contributed by atoms with Crippen molar-refractivity contribution in [2.75, 3.05) is 16.0 Å². The third-order valence-electron chi connectivity index (χ3n) is 6.41. The molecule has 0 aromatic heterocycles. The first-order chi connectivity index (χ1) is 18.4. The molecule has 1 heterocycles. The molecular weight excluding hydrogens is 513 g/mol. The van der Waals surface area contributed by atoms with Gasteiger partial charge in [0.25, 0.3) is 5.91 Å². The molecule has 0 bridgehead atoms. The molecule has 8 nitrogen and oxygen atoms in total. The minimum atomic E-state index is -4.52. The Morgan fingerprint density at radius 2 is 1.49 bits per heavy atom. The molecular formula is C28H25F3N4O4. The highest BCUT2D eigenvalue weighted by Crippen LogP contribution is 2.36. The van der Waals surface area contributed by atoms with E-state index in [9.17, 15) is 32.3 Å². The van der Waals surface area contributed by atoms with Crippen LogP contribution in [-0.4, -0.2) is 23.6 Å². The van der Waals surface area contributed by atoms with Crippen LogP contribution in [0.4, 0.5) is 30.2 Å². The number of carbonyl (C=O) groups is 4. The van der Waals surface area contributed by atoms with E-state index in [0.29, 0.717) is 0 Å². The molecule has 1 unspecified atom stereocenters. The number of alkyl halides is 3. The Morgan fingerprint density at radius 3 is 2.13 bits per heavy atom. The highest BCUT2D eigenvalue weighted by atomic mass is 19.4. The molecule has 0 saturated carbocycles. The molecule has 1 aliphatic rings. The van der Waals surface area contributed by atoms with Crippen molar-refractivity contribution in [3.63, 3.8) is 0 Å². The molecule has 3 aromatic carbocycles. The lowest BCUT2D eigenvalue weighted by Crippen LogP contribution is -2.50. The summed E-state index contributed by atoms with van der Waals surface area (Å²) in [5, 5.41) is 10.5. The summed E-state index contributed by atoms with van der Waals surface area (Å²) in [5.41, 5.74) is -1.29. The lowest BCUT2D eigenvalue weighted by Gasteiger charge is -2.29. The topological polar surface area (TPSA) is 116 Å². The summed E-state index contributed by atoms with van der Waals surface area (Å²) in [6.45, 7) is 3.16. The first kappa shape index (κ1) is 27.4. The van der Waals surface area contributed by atoms with Gasteiger partial charge in [0.05, 0.1) is 27.9 Å². The van der Waals surface area contributed by atoms with E-state index in [1.54, 1.807) is 0 Å². The minimum Gasteiger partial charge on any atom is -0.352 e. The lowest BCUT2D eigenvalue weighted by atomic mass is 9.76. The van der Waals surface area contributed by atoms with E-state index in [4.69, 9.17) is 0 Å². The van der Waals surface area contributed by atoms with Gasteiger partial charge >= 0.3 is 6.18 Å². The van der Waals surface area contributed by atoms with Gasteiger partial charge in [0, 0.05) is 12.2 Å². The van der Waals surface area contributed by atoms with Crippen molar-refractivity contribution in [2.24, 2.45) is 11.3 Å². The molecule has 0 saturated heterocycles. The number of halogens is 3. The molecule has 4 rings (SSSR count). The van der Waals surface area contributed by atoms with Crippen molar-refractivity contribution >= 4 is 40.7 Å². The molecule has 39 heavy (non-hydrogen) atoms. The summed E-state index contributed by atoms with van der Waals surface area (Å²) in [6, 6.07) is 17.4. The van der Waals surface area contributed by atoms with Crippen LogP contribution in [0.2, 0.25) is 0 Å². The zero-order chi connectivity index (χ0) is 28.4. The van der Waals surface area contributed by atoms with Gasteiger partial charge in [-0.2, -0.15) is 13.2 Å². The molecule has 0 aliphatic carbocycles. The van der Waals surface area contributed by atoms with Crippen LogP contribution < -0.4 is 21.3 Å². The van der Waals surface area contributed by atoms with Crippen LogP contribution in [-0.2, 0) is 27.1 Å². The first-order valence-corrected chi connectivity index (χ1v) is 11.9. The summed E-state index contributed by atoms with van der Waals surface area (Å²) in [4.78, 5) is 52.5. The van der Waals surface area contributed by atoms with E-state index >= 15 is 0 Å². The second kappa shape index (κ2) is 10.6. The second-order valence-corrected chi connectivity index (χ2v) is 9.56. The number of nitrogens with one attached hydrogen (secondary N) is 4. The monoisotopic (exact) mass is 538 g/mol. The number of para-hydroxylation sites is 1. The Labute approximate surface area is 222 Å². The maximum Gasteiger partial charge on any atom is 0.416 e. The molecule has 11 heteroatoms. The third kappa shape index (κ3) is 5.92. The molecule has 0 spiro atoms. The average molecular weight is 539 g/mol. The fourth-order valence-corrected chi connectivity index (χ4v) is 4.23. The van der Waals surface area contributed by atoms with Crippen LogP contribution in [0.25, 0.3) is 0 Å². The van der Waals surface area contributed by atoms with Crippen molar-refractivity contribution in [2.45, 2.75) is 26.6 Å². The van der Waals surface area contributed by atoms with Crippen molar-refractivity contribution in [1.29, 1.82) is 0 Å². The molecule has 0 fully saturated rings. The number of anilines is 3. The van der Waals surface area contributed by atoms with Crippen LogP contribution in [0.1, 0.15) is 35.3 Å². The Morgan fingerprint density at radius 1 is 0.846 bits per heavy atom. The van der Waals surface area contributed by atoms with Gasteiger partial charge in [-0.25, -0.2) is 0 Å². The molecule has 202 valence electrons. The molecule has 3 aromatic rings. The maximum absolute atomic E-state index is 13.3. The number of carbonyl (C=O) groups excluding carboxylic acids is 4. The van der Waals surface area contributed by atoms with Crippen molar-refractivity contribution in [1.82, 2.24) is 5.32 Å². The van der Waals surface area contributed by atoms with E-state index in [-0.39, 0.29) is 29.2 Å². The Balaban J connectivity index is 1.53. The standard InChI is InChI=1S/C28H25F3N4O4/c1-27(2,26(39)32-15-16-7-4-3-5-8-16)21-24(37)34-20-10-6-9-19(22(20)35-25(21)38)23(36)33-18-13-11-17(12-14-18)28(29,30)31/h3-14,21H,15H2,1-2H3,(H,32,39)(H,33,36)(H,34,37)(H,35,38). The first-order valence-electron chi connectivity index (χ1n) is 11.9. The predicted molar refractivity (Wildman–Crippen MR) is 139 cm³/mol. The SMILES string of the molecule is CC(C)(C(=O)NCc1ccccc1)C1C(=O)Nc2cccc(C(=O)Nc3ccc(C(F)(F)F)cc3)c2NC1=O. The number of hydrogen-bond donors (Lipinski definition) is 4. The Bertz CT molecular complexity index is 1420. The van der Waals surface area contributed by atoms with E-state index < -0.39 is 46.7 Å². The van der Waals surface area contributed by atoms with E-state index in [1.807, 2.05) is 30.3 Å². The van der Waals surface area contributed by atoms with Crippen LogP contribution in [0.15, 0.2) is 72.8 Å². The van der Waals surface area contributed by atoms with Gasteiger partial charge in [-0.05, 0) is 55.8 Å². The van der Waals surface area contributed by atoms with Crippen LogP contribution in [0.3, 0.4) is 0 Å². The largest absolute Gasteiger partial charge is 0.416 e. The van der Waals surface area contributed by atoms with E-state index in [1.165, 1.54) is 32.0 Å². The maximum atomic E-state index is 13.3. The summed E-state index contributed by atoms with van der Waals surface area (Å²) >= 11 is 0. The predicted octanol–water partition coefficient (Wildman–Crippen LogP) is 4.81. The number of benzene rings is 3. The van der Waals surface area contributed by atoms with E-state index in [2.05, 4.69) is 21.3 Å². The highest BCUT2D eigenvalue weighted by Gasteiger charge is 2.47. The van der Waals surface area contributed by atoms with Crippen molar-refractivity contribution < 1.29 is 32.3 Å². The molecule has 1 atom stereocenters. The van der Waals surface area contributed by atoms with Crippen LogP contribution in [0.5, 0.6) is 0 Å². The summed E-state index contributed by atoms with van der Waals surface area (Å²) in [5.74, 6) is -4.20. The minimum absolute atomic E-state index is 0.00301. The number of rotatable bonds is 6. The van der Waals surface area contributed by atoms with Gasteiger partial charge in [-0.3, -0.25) is 19.2 Å². The number of fused-ring (bicyclic) bond motifs is 1. The molecule has 4 amide bonds. The zero-order valence-corrected chi connectivity index (χ0v) is 21.0. The Hall–Kier alpha value is -4.67. The zero-order valence-electron chi connectivity index (χ0n) is 21.0. The van der Waals surface area contributed by atoms with Gasteiger partial charge in [-0.1, -0.05) is 36.4 Å². The van der Waals surface area contributed by atoms with Gasteiger partial charge in [0.15, 0.2) is 0 Å².